The molecule has 0 fully saturated rings. The molecule has 0 amide bonds. The van der Waals surface area contributed by atoms with Crippen LogP contribution in [0, 0.1) is 0 Å². The van der Waals surface area contributed by atoms with E-state index < -0.39 is 0 Å². The van der Waals surface area contributed by atoms with E-state index in [1.54, 1.807) is 12.4 Å². The third-order valence-corrected chi connectivity index (χ3v) is 1.00. The van der Waals surface area contributed by atoms with E-state index in [1.165, 1.54) is 0 Å². The summed E-state index contributed by atoms with van der Waals surface area (Å²) in [6.45, 7) is 2.66. The van der Waals surface area contributed by atoms with Crippen molar-refractivity contribution in [3.8, 4) is 0 Å². The molecule has 0 unspecified atom stereocenters. The molecular formula is C8H12ClCuNO. The number of nitrogens with zero attached hydrogens (tertiary/aromatic N) is 1. The normalized spacial score (nSPS) is 7.50. The quantitative estimate of drug-likeness (QED) is 0.738. The Hall–Kier alpha value is -0.0805. The molecule has 0 aliphatic heterocycles. The van der Waals surface area contributed by atoms with Crippen LogP contribution in [0.15, 0.2) is 30.6 Å². The summed E-state index contributed by atoms with van der Waals surface area (Å²) in [5.74, 6) is 0. The van der Waals surface area contributed by atoms with Gasteiger partial charge in [0.2, 0.25) is 0 Å². The molecule has 0 bridgehead atoms. The Morgan fingerprint density at radius 2 is 1.83 bits per heavy atom. The third-order valence-electron chi connectivity index (χ3n) is 0.848. The van der Waals surface area contributed by atoms with E-state index in [9.17, 15) is 0 Å². The number of hydrogen-bond donors (Lipinski definition) is 0. The molecule has 12 heavy (non-hydrogen) atoms. The van der Waals surface area contributed by atoms with Crippen LogP contribution in [-0.2, 0) is 21.4 Å². The van der Waals surface area contributed by atoms with Gasteiger partial charge in [-0.15, -0.1) is 0 Å². The molecule has 1 aromatic rings. The summed E-state index contributed by atoms with van der Waals surface area (Å²) in [4.78, 5) is 3.78. The van der Waals surface area contributed by atoms with Crippen LogP contribution in [0.1, 0.15) is 13.3 Å². The van der Waals surface area contributed by atoms with E-state index in [1.807, 2.05) is 25.1 Å². The van der Waals surface area contributed by atoms with Crippen LogP contribution in [0.25, 0.3) is 0 Å². The molecule has 1 heterocycles. The van der Waals surface area contributed by atoms with Gasteiger partial charge in [-0.1, -0.05) is 13.0 Å². The minimum absolute atomic E-state index is 0. The van der Waals surface area contributed by atoms with Crippen molar-refractivity contribution in [2.24, 2.45) is 0 Å². The van der Waals surface area contributed by atoms with Crippen LogP contribution in [0.4, 0.5) is 0 Å². The molecule has 0 aromatic carbocycles. The summed E-state index contributed by atoms with van der Waals surface area (Å²) in [7, 11) is 0. The number of halogens is 1. The molecule has 1 radical (unpaired) electrons. The van der Waals surface area contributed by atoms with Gasteiger partial charge in [0.15, 0.2) is 0 Å². The van der Waals surface area contributed by atoms with Crippen LogP contribution >= 0.6 is 11.9 Å². The van der Waals surface area contributed by atoms with Crippen molar-refractivity contribution in [1.82, 2.24) is 4.98 Å². The van der Waals surface area contributed by atoms with E-state index in [2.05, 4.69) is 9.27 Å². The minimum atomic E-state index is 0. The smallest absolute Gasteiger partial charge is 0.0679 e. The molecule has 1 rings (SSSR count). The van der Waals surface area contributed by atoms with Crippen molar-refractivity contribution in [2.45, 2.75) is 13.3 Å². The van der Waals surface area contributed by atoms with E-state index in [0.29, 0.717) is 6.61 Å². The second-order valence-electron chi connectivity index (χ2n) is 1.84. The van der Waals surface area contributed by atoms with Gasteiger partial charge in [-0.05, 0) is 18.6 Å². The Labute approximate surface area is 88.9 Å². The van der Waals surface area contributed by atoms with Crippen LogP contribution < -0.4 is 0 Å². The van der Waals surface area contributed by atoms with Gasteiger partial charge in [0.1, 0.15) is 0 Å². The second kappa shape index (κ2) is 13.5. The first-order valence-electron chi connectivity index (χ1n) is 3.50. The first-order valence-corrected chi connectivity index (χ1v) is 3.81. The molecule has 0 atom stereocenters. The zero-order valence-corrected chi connectivity index (χ0v) is 8.53. The minimum Gasteiger partial charge on any atom is -0.279 e. The average Bonchev–Trinajstić information content (AvgIpc) is 2.10. The second-order valence-corrected chi connectivity index (χ2v) is 2.06. The molecule has 0 aliphatic carbocycles. The molecule has 0 N–H and O–H groups in total. The van der Waals surface area contributed by atoms with Crippen molar-refractivity contribution in [3.05, 3.63) is 30.6 Å². The fourth-order valence-corrected chi connectivity index (χ4v) is 0.544. The van der Waals surface area contributed by atoms with Crippen molar-refractivity contribution >= 4 is 11.9 Å². The first-order chi connectivity index (χ1) is 5.41. The van der Waals surface area contributed by atoms with Crippen LogP contribution in [0.5, 0.6) is 0 Å². The van der Waals surface area contributed by atoms with E-state index >= 15 is 0 Å². The topological polar surface area (TPSA) is 22.1 Å². The van der Waals surface area contributed by atoms with Gasteiger partial charge in [-0.2, -0.15) is 0 Å². The van der Waals surface area contributed by atoms with E-state index in [-0.39, 0.29) is 17.1 Å². The molecule has 0 aliphatic rings. The van der Waals surface area contributed by atoms with Gasteiger partial charge >= 0.3 is 0 Å². The molecule has 0 saturated carbocycles. The number of hydrogen-bond acceptors (Lipinski definition) is 2. The molecule has 73 valence electrons. The molecule has 0 saturated heterocycles. The summed E-state index contributed by atoms with van der Waals surface area (Å²) in [6, 6.07) is 5.72. The summed E-state index contributed by atoms with van der Waals surface area (Å²) < 4.78 is 4.16. The number of rotatable bonds is 2. The third kappa shape index (κ3) is 12.6. The Morgan fingerprint density at radius 1 is 1.25 bits per heavy atom. The van der Waals surface area contributed by atoms with Gasteiger partial charge in [-0.25, -0.2) is 0 Å². The van der Waals surface area contributed by atoms with Gasteiger partial charge < -0.3 is 0 Å². The monoisotopic (exact) mass is 236 g/mol. The van der Waals surface area contributed by atoms with Crippen molar-refractivity contribution in [2.75, 3.05) is 6.61 Å². The van der Waals surface area contributed by atoms with E-state index in [4.69, 9.17) is 11.9 Å². The summed E-state index contributed by atoms with van der Waals surface area (Å²) in [5, 5.41) is 0. The zero-order valence-electron chi connectivity index (χ0n) is 6.84. The Morgan fingerprint density at radius 3 is 1.92 bits per heavy atom. The van der Waals surface area contributed by atoms with E-state index in [0.717, 1.165) is 6.42 Å². The summed E-state index contributed by atoms with van der Waals surface area (Å²) >= 11 is 4.80. The molecule has 4 heteroatoms. The zero-order chi connectivity index (χ0) is 8.36. The number of aromatic nitrogens is 1. The molecule has 2 nitrogen and oxygen atoms in total. The van der Waals surface area contributed by atoms with Crippen molar-refractivity contribution in [1.29, 1.82) is 0 Å². The average molecular weight is 237 g/mol. The fraction of sp³-hybridized carbons (Fsp3) is 0.375. The molecular weight excluding hydrogens is 225 g/mol. The predicted octanol–water partition coefficient (Wildman–Crippen LogP) is 2.65. The Kier molecular flexibility index (Phi) is 16.3. The maximum Gasteiger partial charge on any atom is 0.0679 e. The molecule has 1 aromatic heterocycles. The SMILES string of the molecule is CCCOCl.[Cu].c1ccncc1. The van der Waals surface area contributed by atoms with Crippen LogP contribution in [-0.4, -0.2) is 11.6 Å². The Bertz CT molecular complexity index is 122. The first kappa shape index (κ1) is 14.4. The summed E-state index contributed by atoms with van der Waals surface area (Å²) in [6.07, 6.45) is 4.49. The van der Waals surface area contributed by atoms with Gasteiger partial charge in [0.05, 0.1) is 18.5 Å². The van der Waals surface area contributed by atoms with Crippen LogP contribution in [0.2, 0.25) is 0 Å². The van der Waals surface area contributed by atoms with Crippen molar-refractivity contribution < 1.29 is 21.4 Å². The van der Waals surface area contributed by atoms with Crippen LogP contribution in [0.3, 0.4) is 0 Å². The standard InChI is InChI=1S/C5H5N.C3H7ClO.Cu/c1-2-4-6-5-3-1;1-2-3-5-4;/h1-5H;2-3H2,1H3;. The van der Waals surface area contributed by atoms with Gasteiger partial charge in [-0.3, -0.25) is 9.27 Å². The Balaban J connectivity index is 0. The summed E-state index contributed by atoms with van der Waals surface area (Å²) in [5.41, 5.74) is 0. The maximum atomic E-state index is 4.80. The van der Waals surface area contributed by atoms with Crippen molar-refractivity contribution in [3.63, 3.8) is 0 Å². The van der Waals surface area contributed by atoms with Gasteiger partial charge in [0, 0.05) is 29.5 Å². The number of pyridine rings is 1. The maximum absolute atomic E-state index is 4.80. The molecule has 0 spiro atoms. The largest absolute Gasteiger partial charge is 0.279 e. The van der Waals surface area contributed by atoms with Gasteiger partial charge in [0.25, 0.3) is 0 Å². The predicted molar refractivity (Wildman–Crippen MR) is 46.3 cm³/mol. The fourth-order valence-electron chi connectivity index (χ4n) is 0.390.